The van der Waals surface area contributed by atoms with Crippen LogP contribution in [0.25, 0.3) is 10.2 Å². The van der Waals surface area contributed by atoms with E-state index in [0.29, 0.717) is 32.9 Å². The number of rotatable bonds is 3. The summed E-state index contributed by atoms with van der Waals surface area (Å²) in [5.41, 5.74) is 10.1. The van der Waals surface area contributed by atoms with Crippen molar-refractivity contribution in [1.29, 1.82) is 0 Å². The minimum absolute atomic E-state index is 0.261. The average Bonchev–Trinajstić information content (AvgIpc) is 3.01. The second-order valence-corrected chi connectivity index (χ2v) is 10.3. The molecule has 0 radical (unpaired) electrons. The van der Waals surface area contributed by atoms with Crippen molar-refractivity contribution in [2.75, 3.05) is 18.2 Å². The molecule has 4 rings (SSSR count). The molecular formula is C23H26ClN3O2S. The summed E-state index contributed by atoms with van der Waals surface area (Å²) in [5.74, 6) is 0.911. The van der Waals surface area contributed by atoms with Gasteiger partial charge in [-0.15, -0.1) is 11.3 Å². The molecule has 0 fully saturated rings. The van der Waals surface area contributed by atoms with Crippen molar-refractivity contribution in [2.45, 2.75) is 40.0 Å². The molecule has 1 amide bonds. The molecule has 0 spiro atoms. The number of anilines is 2. The number of fused-ring (bicyclic) bond motifs is 2. The fraction of sp³-hybridized carbons (Fsp3) is 0.391. The van der Waals surface area contributed by atoms with Gasteiger partial charge in [0, 0.05) is 16.8 Å². The first-order valence-electron chi connectivity index (χ1n) is 10.0. The van der Waals surface area contributed by atoms with Crippen molar-refractivity contribution in [2.24, 2.45) is 11.3 Å². The monoisotopic (exact) mass is 443 g/mol. The third-order valence-electron chi connectivity index (χ3n) is 5.93. The number of carbonyl (C=O) groups excluding carboxylic acids is 1. The summed E-state index contributed by atoms with van der Waals surface area (Å²) in [4.78, 5) is 19.0. The summed E-state index contributed by atoms with van der Waals surface area (Å²) < 4.78 is 5.15. The number of hydrogen-bond donors (Lipinski definition) is 2. The number of ether oxygens (including phenoxy) is 1. The Morgan fingerprint density at radius 1 is 1.33 bits per heavy atom. The maximum Gasteiger partial charge on any atom is 0.267 e. The van der Waals surface area contributed by atoms with Gasteiger partial charge < -0.3 is 15.8 Å². The number of aryl methyl sites for hydroxylation is 1. The first kappa shape index (κ1) is 20.9. The second-order valence-electron chi connectivity index (χ2n) is 8.90. The standard InChI is InChI=1S/C23H26ClN3O2S/c1-23(2,3)13-5-7-17-12(9-13)10-15-19(25)20(30-22(15)27-17)21(28)26-14-6-8-18(29-4)16(24)11-14/h6,8,10-11,13H,5,7,9,25H2,1-4H3,(H,26,28). The summed E-state index contributed by atoms with van der Waals surface area (Å²) in [6, 6.07) is 7.26. The first-order valence-corrected chi connectivity index (χ1v) is 11.2. The predicted octanol–water partition coefficient (Wildman–Crippen LogP) is 5.94. The number of nitrogens with one attached hydrogen (secondary N) is 1. The third kappa shape index (κ3) is 3.86. The van der Waals surface area contributed by atoms with Crippen LogP contribution in [0.2, 0.25) is 5.02 Å². The molecule has 2 heterocycles. The van der Waals surface area contributed by atoms with E-state index in [-0.39, 0.29) is 11.3 Å². The van der Waals surface area contributed by atoms with Gasteiger partial charge in [-0.25, -0.2) is 4.98 Å². The summed E-state index contributed by atoms with van der Waals surface area (Å²) in [6.45, 7) is 6.88. The fourth-order valence-electron chi connectivity index (χ4n) is 4.03. The van der Waals surface area contributed by atoms with Crippen molar-refractivity contribution in [3.8, 4) is 5.75 Å². The largest absolute Gasteiger partial charge is 0.495 e. The summed E-state index contributed by atoms with van der Waals surface area (Å²) in [7, 11) is 1.55. The van der Waals surface area contributed by atoms with Gasteiger partial charge in [0.15, 0.2) is 0 Å². The molecule has 0 saturated heterocycles. The predicted molar refractivity (Wildman–Crippen MR) is 125 cm³/mol. The molecule has 5 nitrogen and oxygen atoms in total. The summed E-state index contributed by atoms with van der Waals surface area (Å²) in [6.07, 6.45) is 3.11. The SMILES string of the molecule is COc1ccc(NC(=O)c2sc3nc4c(cc3c2N)CC(C(C)(C)C)CC4)cc1Cl. The molecule has 7 heteroatoms. The maximum absolute atomic E-state index is 12.9. The van der Waals surface area contributed by atoms with Crippen LogP contribution in [0, 0.1) is 11.3 Å². The number of hydrogen-bond acceptors (Lipinski definition) is 5. The molecule has 1 unspecified atom stereocenters. The Bertz CT molecular complexity index is 1130. The quantitative estimate of drug-likeness (QED) is 0.524. The van der Waals surface area contributed by atoms with Crippen molar-refractivity contribution >= 4 is 50.4 Å². The Labute approximate surface area is 185 Å². The number of aromatic nitrogens is 1. The van der Waals surface area contributed by atoms with Gasteiger partial charge in [0.1, 0.15) is 15.5 Å². The van der Waals surface area contributed by atoms with Crippen molar-refractivity contribution in [3.05, 3.63) is 45.4 Å². The van der Waals surface area contributed by atoms with E-state index in [2.05, 4.69) is 32.2 Å². The van der Waals surface area contributed by atoms with Crippen LogP contribution in [-0.2, 0) is 12.8 Å². The van der Waals surface area contributed by atoms with Gasteiger partial charge in [0.2, 0.25) is 0 Å². The topological polar surface area (TPSA) is 77.2 Å². The van der Waals surface area contributed by atoms with Gasteiger partial charge in [-0.2, -0.15) is 0 Å². The number of amides is 1. The van der Waals surface area contributed by atoms with Crippen LogP contribution < -0.4 is 15.8 Å². The molecule has 0 saturated carbocycles. The van der Waals surface area contributed by atoms with Gasteiger partial charge in [0.05, 0.1) is 17.8 Å². The highest BCUT2D eigenvalue weighted by molar-refractivity contribution is 7.21. The Morgan fingerprint density at radius 2 is 2.10 bits per heavy atom. The number of thiophene rings is 1. The number of nitrogen functional groups attached to an aromatic ring is 1. The maximum atomic E-state index is 12.9. The molecule has 3 aromatic rings. The molecule has 0 bridgehead atoms. The third-order valence-corrected chi connectivity index (χ3v) is 7.34. The van der Waals surface area contributed by atoms with E-state index in [1.165, 1.54) is 16.9 Å². The summed E-state index contributed by atoms with van der Waals surface area (Å²) in [5, 5.41) is 4.17. The Morgan fingerprint density at radius 3 is 2.77 bits per heavy atom. The molecular weight excluding hydrogens is 418 g/mol. The van der Waals surface area contributed by atoms with Gasteiger partial charge >= 0.3 is 0 Å². The number of benzene rings is 1. The highest BCUT2D eigenvalue weighted by Crippen LogP contribution is 2.40. The van der Waals surface area contributed by atoms with Crippen LogP contribution in [0.15, 0.2) is 24.3 Å². The fourth-order valence-corrected chi connectivity index (χ4v) is 5.28. The summed E-state index contributed by atoms with van der Waals surface area (Å²) >= 11 is 7.50. The molecule has 1 aliphatic carbocycles. The van der Waals surface area contributed by atoms with Crippen molar-refractivity contribution in [1.82, 2.24) is 4.98 Å². The van der Waals surface area contributed by atoms with Gasteiger partial charge in [-0.1, -0.05) is 32.4 Å². The molecule has 1 aliphatic rings. The zero-order chi connectivity index (χ0) is 21.6. The number of halogens is 1. The van der Waals surface area contributed by atoms with Gasteiger partial charge in [0.25, 0.3) is 5.91 Å². The van der Waals surface area contributed by atoms with Crippen LogP contribution >= 0.6 is 22.9 Å². The molecule has 1 atom stereocenters. The molecule has 3 N–H and O–H groups in total. The smallest absolute Gasteiger partial charge is 0.267 e. The van der Waals surface area contributed by atoms with Crippen molar-refractivity contribution in [3.63, 3.8) is 0 Å². The molecule has 1 aromatic carbocycles. The van der Waals surface area contributed by atoms with Crippen LogP contribution in [-0.4, -0.2) is 18.0 Å². The lowest BCUT2D eigenvalue weighted by Gasteiger charge is -2.34. The highest BCUT2D eigenvalue weighted by Gasteiger charge is 2.30. The molecule has 2 aromatic heterocycles. The Balaban J connectivity index is 1.63. The van der Waals surface area contributed by atoms with Crippen LogP contribution in [0.1, 0.15) is 48.1 Å². The number of methoxy groups -OCH3 is 1. The van der Waals surface area contributed by atoms with Crippen LogP contribution in [0.5, 0.6) is 5.75 Å². The van der Waals surface area contributed by atoms with E-state index < -0.39 is 0 Å². The number of carbonyl (C=O) groups is 1. The van der Waals surface area contributed by atoms with Gasteiger partial charge in [-0.05, 0) is 60.4 Å². The first-order chi connectivity index (χ1) is 14.2. The lowest BCUT2D eigenvalue weighted by atomic mass is 9.71. The van der Waals surface area contributed by atoms with Crippen LogP contribution in [0.3, 0.4) is 0 Å². The Kier molecular flexibility index (Phi) is 5.41. The minimum Gasteiger partial charge on any atom is -0.495 e. The van der Waals surface area contributed by atoms with E-state index in [0.717, 1.165) is 35.2 Å². The number of nitrogens with two attached hydrogens (primary N) is 1. The number of pyridine rings is 1. The zero-order valence-corrected chi connectivity index (χ0v) is 19.2. The lowest BCUT2D eigenvalue weighted by molar-refractivity contribution is 0.103. The average molecular weight is 444 g/mol. The van der Waals surface area contributed by atoms with E-state index in [9.17, 15) is 4.79 Å². The normalized spacial score (nSPS) is 16.4. The lowest BCUT2D eigenvalue weighted by Crippen LogP contribution is -2.27. The van der Waals surface area contributed by atoms with Gasteiger partial charge in [-0.3, -0.25) is 4.79 Å². The molecule has 0 aliphatic heterocycles. The van der Waals surface area contributed by atoms with E-state index in [1.54, 1.807) is 25.3 Å². The van der Waals surface area contributed by atoms with E-state index in [1.807, 2.05) is 0 Å². The van der Waals surface area contributed by atoms with Crippen LogP contribution in [0.4, 0.5) is 11.4 Å². The Hall–Kier alpha value is -2.31. The highest BCUT2D eigenvalue weighted by atomic mass is 35.5. The zero-order valence-electron chi connectivity index (χ0n) is 17.6. The molecule has 30 heavy (non-hydrogen) atoms. The van der Waals surface area contributed by atoms with Crippen molar-refractivity contribution < 1.29 is 9.53 Å². The second kappa shape index (κ2) is 7.75. The molecule has 158 valence electrons. The van der Waals surface area contributed by atoms with E-state index >= 15 is 0 Å². The minimum atomic E-state index is -0.262. The van der Waals surface area contributed by atoms with E-state index in [4.69, 9.17) is 27.1 Å². The number of nitrogens with zero attached hydrogens (tertiary/aromatic N) is 1.